The number of ether oxygens (including phenoxy) is 1. The van der Waals surface area contributed by atoms with Crippen LogP contribution in [-0.2, 0) is 4.74 Å². The molecule has 1 aromatic rings. The van der Waals surface area contributed by atoms with Crippen molar-refractivity contribution in [2.24, 2.45) is 0 Å². The second-order valence-electron chi connectivity index (χ2n) is 5.56. The number of nitrogens with zero attached hydrogens (tertiary/aromatic N) is 1. The van der Waals surface area contributed by atoms with E-state index in [1.165, 1.54) is 0 Å². The molecule has 1 fully saturated rings. The van der Waals surface area contributed by atoms with Crippen LogP contribution in [0.1, 0.15) is 37.4 Å². The molecule has 0 aromatic carbocycles. The van der Waals surface area contributed by atoms with Gasteiger partial charge in [-0.3, -0.25) is 4.98 Å². The number of urea groups is 1. The van der Waals surface area contributed by atoms with Crippen molar-refractivity contribution in [2.75, 3.05) is 6.61 Å². The van der Waals surface area contributed by atoms with Gasteiger partial charge in [0, 0.05) is 30.6 Å². The summed E-state index contributed by atoms with van der Waals surface area (Å²) < 4.78 is 5.75. The Hall–Kier alpha value is -1.88. The molecule has 1 aromatic heterocycles. The van der Waals surface area contributed by atoms with Crippen LogP contribution in [0.5, 0.6) is 0 Å². The first-order chi connectivity index (χ1) is 10.3. The molecular formula is C16H21N3O2. The molecule has 5 nitrogen and oxygen atoms in total. The number of amides is 2. The fourth-order valence-electron chi connectivity index (χ4n) is 2.92. The quantitative estimate of drug-likeness (QED) is 0.839. The van der Waals surface area contributed by atoms with Crippen LogP contribution in [0.15, 0.2) is 36.7 Å². The van der Waals surface area contributed by atoms with Gasteiger partial charge in [0.25, 0.3) is 0 Å². The van der Waals surface area contributed by atoms with Crippen LogP contribution in [0.25, 0.3) is 0 Å². The molecule has 112 valence electrons. The number of nitrogens with one attached hydrogen (secondary N) is 2. The van der Waals surface area contributed by atoms with E-state index >= 15 is 0 Å². The second kappa shape index (κ2) is 6.72. The van der Waals surface area contributed by atoms with Crippen molar-refractivity contribution in [1.82, 2.24) is 15.6 Å². The highest BCUT2D eigenvalue weighted by Gasteiger charge is 2.31. The van der Waals surface area contributed by atoms with Crippen LogP contribution >= 0.6 is 0 Å². The summed E-state index contributed by atoms with van der Waals surface area (Å²) in [6, 6.07) is 3.91. The van der Waals surface area contributed by atoms with Gasteiger partial charge >= 0.3 is 6.03 Å². The number of aromatic nitrogens is 1. The summed E-state index contributed by atoms with van der Waals surface area (Å²) in [6.45, 7) is 0.661. The molecule has 1 aliphatic heterocycles. The highest BCUT2D eigenvalue weighted by atomic mass is 16.5. The molecule has 0 spiro atoms. The number of carbonyl (C=O) groups excluding carboxylic acids is 1. The molecule has 0 bridgehead atoms. The summed E-state index contributed by atoms with van der Waals surface area (Å²) in [5.41, 5.74) is 1.01. The van der Waals surface area contributed by atoms with Crippen molar-refractivity contribution < 1.29 is 9.53 Å². The van der Waals surface area contributed by atoms with Gasteiger partial charge in [-0.25, -0.2) is 4.79 Å². The SMILES string of the molecule is O=C(N[C@@H]1C=CCCC1)N[C@H]1CCO[C@@H]1c1cccnc1. The maximum atomic E-state index is 12.1. The Morgan fingerprint density at radius 1 is 1.33 bits per heavy atom. The highest BCUT2D eigenvalue weighted by Crippen LogP contribution is 2.28. The largest absolute Gasteiger partial charge is 0.371 e. The maximum absolute atomic E-state index is 12.1. The van der Waals surface area contributed by atoms with Gasteiger partial charge in [-0.2, -0.15) is 0 Å². The minimum atomic E-state index is -0.115. The van der Waals surface area contributed by atoms with Crippen LogP contribution in [-0.4, -0.2) is 29.7 Å². The molecule has 2 heterocycles. The van der Waals surface area contributed by atoms with Crippen LogP contribution < -0.4 is 10.6 Å². The lowest BCUT2D eigenvalue weighted by Gasteiger charge is -2.23. The molecule has 1 aliphatic carbocycles. The van der Waals surface area contributed by atoms with Gasteiger partial charge < -0.3 is 15.4 Å². The third-order valence-electron chi connectivity index (χ3n) is 3.99. The van der Waals surface area contributed by atoms with Gasteiger partial charge in [0.2, 0.25) is 0 Å². The Morgan fingerprint density at radius 2 is 2.29 bits per heavy atom. The molecular weight excluding hydrogens is 266 g/mol. The third-order valence-corrected chi connectivity index (χ3v) is 3.99. The van der Waals surface area contributed by atoms with E-state index in [0.717, 1.165) is 31.2 Å². The fraction of sp³-hybridized carbons (Fsp3) is 0.500. The monoisotopic (exact) mass is 287 g/mol. The summed E-state index contributed by atoms with van der Waals surface area (Å²) in [5, 5.41) is 6.05. The standard InChI is InChI=1S/C16H21N3O2/c20-16(18-13-6-2-1-3-7-13)19-14-8-10-21-15(14)12-5-4-9-17-11-12/h2,4-6,9,11,13-15H,1,3,7-8,10H2,(H2,18,19,20)/t13-,14+,15-/m1/s1. The van der Waals surface area contributed by atoms with Gasteiger partial charge in [0.05, 0.1) is 6.04 Å². The van der Waals surface area contributed by atoms with Crippen molar-refractivity contribution in [1.29, 1.82) is 0 Å². The van der Waals surface area contributed by atoms with Gasteiger partial charge in [-0.05, 0) is 31.7 Å². The van der Waals surface area contributed by atoms with E-state index in [4.69, 9.17) is 4.74 Å². The minimum Gasteiger partial charge on any atom is -0.371 e. The molecule has 3 rings (SSSR count). The van der Waals surface area contributed by atoms with E-state index in [1.807, 2.05) is 12.1 Å². The van der Waals surface area contributed by atoms with Crippen molar-refractivity contribution >= 4 is 6.03 Å². The molecule has 0 radical (unpaired) electrons. The van der Waals surface area contributed by atoms with Crippen molar-refractivity contribution in [3.05, 3.63) is 42.2 Å². The van der Waals surface area contributed by atoms with Crippen molar-refractivity contribution in [2.45, 2.75) is 43.9 Å². The summed E-state index contributed by atoms with van der Waals surface area (Å²) in [7, 11) is 0. The third kappa shape index (κ3) is 3.61. The molecule has 0 saturated carbocycles. The predicted molar refractivity (Wildman–Crippen MR) is 79.8 cm³/mol. The molecule has 3 atom stereocenters. The zero-order valence-corrected chi connectivity index (χ0v) is 12.0. The minimum absolute atomic E-state index is 0.00164. The Labute approximate surface area is 124 Å². The predicted octanol–water partition coefficient (Wildman–Crippen LogP) is 2.32. The van der Waals surface area contributed by atoms with Gasteiger partial charge in [0.1, 0.15) is 6.10 Å². The Balaban J connectivity index is 1.57. The summed E-state index contributed by atoms with van der Waals surface area (Å²) in [4.78, 5) is 16.2. The number of rotatable bonds is 3. The number of hydrogen-bond acceptors (Lipinski definition) is 3. The fourth-order valence-corrected chi connectivity index (χ4v) is 2.92. The molecule has 2 N–H and O–H groups in total. The Bertz CT molecular complexity index is 504. The first-order valence-electron chi connectivity index (χ1n) is 7.58. The molecule has 2 amide bonds. The smallest absolute Gasteiger partial charge is 0.315 e. The first kappa shape index (κ1) is 14.1. The Kier molecular flexibility index (Phi) is 4.50. The molecule has 21 heavy (non-hydrogen) atoms. The van der Waals surface area contributed by atoms with E-state index in [0.29, 0.717) is 6.61 Å². The van der Waals surface area contributed by atoms with E-state index in [9.17, 15) is 4.79 Å². The lowest BCUT2D eigenvalue weighted by Crippen LogP contribution is -2.46. The first-order valence-corrected chi connectivity index (χ1v) is 7.58. The van der Waals surface area contributed by atoms with Gasteiger partial charge in [-0.1, -0.05) is 18.2 Å². The summed E-state index contributed by atoms with van der Waals surface area (Å²) in [5.74, 6) is 0. The number of carbonyl (C=O) groups is 1. The molecule has 0 unspecified atom stereocenters. The van der Waals surface area contributed by atoms with E-state index in [-0.39, 0.29) is 24.2 Å². The van der Waals surface area contributed by atoms with Crippen LogP contribution in [0, 0.1) is 0 Å². The second-order valence-corrected chi connectivity index (χ2v) is 5.56. The van der Waals surface area contributed by atoms with Crippen molar-refractivity contribution in [3.63, 3.8) is 0 Å². The summed E-state index contributed by atoms with van der Waals surface area (Å²) >= 11 is 0. The Morgan fingerprint density at radius 3 is 3.05 bits per heavy atom. The average Bonchev–Trinajstić information content (AvgIpc) is 2.97. The lowest BCUT2D eigenvalue weighted by atomic mass is 10.0. The van der Waals surface area contributed by atoms with Crippen LogP contribution in [0.2, 0.25) is 0 Å². The zero-order valence-electron chi connectivity index (χ0n) is 12.0. The van der Waals surface area contributed by atoms with Gasteiger partial charge in [-0.15, -0.1) is 0 Å². The zero-order chi connectivity index (χ0) is 14.5. The van der Waals surface area contributed by atoms with Crippen LogP contribution in [0.4, 0.5) is 4.79 Å². The normalized spacial score (nSPS) is 28.3. The lowest BCUT2D eigenvalue weighted by molar-refractivity contribution is 0.0996. The molecule has 5 heteroatoms. The highest BCUT2D eigenvalue weighted by molar-refractivity contribution is 5.75. The van der Waals surface area contributed by atoms with Crippen LogP contribution in [0.3, 0.4) is 0 Å². The summed E-state index contributed by atoms with van der Waals surface area (Å²) in [6.07, 6.45) is 11.7. The van der Waals surface area contributed by atoms with E-state index in [1.54, 1.807) is 12.4 Å². The number of allylic oxidation sites excluding steroid dienone is 1. The average molecular weight is 287 g/mol. The number of pyridine rings is 1. The molecule has 1 saturated heterocycles. The maximum Gasteiger partial charge on any atom is 0.315 e. The van der Waals surface area contributed by atoms with Gasteiger partial charge in [0.15, 0.2) is 0 Å². The topological polar surface area (TPSA) is 63.2 Å². The van der Waals surface area contributed by atoms with E-state index < -0.39 is 0 Å². The van der Waals surface area contributed by atoms with Crippen molar-refractivity contribution in [3.8, 4) is 0 Å². The number of hydrogen-bond donors (Lipinski definition) is 2. The molecule has 2 aliphatic rings. The van der Waals surface area contributed by atoms with E-state index in [2.05, 4.69) is 27.8 Å².